The number of carbonyl (C=O) groups excluding carboxylic acids is 2. The van der Waals surface area contributed by atoms with E-state index in [2.05, 4.69) is 9.97 Å². The molecule has 5 rings (SSSR count). The summed E-state index contributed by atoms with van der Waals surface area (Å²) < 4.78 is 22.2. The maximum absolute atomic E-state index is 16.5. The number of aromatic hydroxyl groups is 1. The van der Waals surface area contributed by atoms with E-state index in [-0.39, 0.29) is 46.8 Å². The van der Waals surface area contributed by atoms with Crippen LogP contribution in [0.25, 0.3) is 32.8 Å². The SMILES string of the molecule is CN(C)C(=O)CCOc1nc(N2CCN(C(N)=O)CC2)c2cc(Cl)c(-c3cc(O)cc4ccccc34)c(F)c2n1. The highest BCUT2D eigenvalue weighted by molar-refractivity contribution is 6.35. The smallest absolute Gasteiger partial charge is 0.319 e. The van der Waals surface area contributed by atoms with Crippen LogP contribution in [-0.4, -0.2) is 83.7 Å². The monoisotopic (exact) mass is 566 g/mol. The van der Waals surface area contributed by atoms with Gasteiger partial charge in [0.15, 0.2) is 5.82 Å². The van der Waals surface area contributed by atoms with Gasteiger partial charge in [-0.25, -0.2) is 9.18 Å². The van der Waals surface area contributed by atoms with E-state index in [1.54, 1.807) is 26.2 Å². The second-order valence-electron chi connectivity index (χ2n) is 9.69. The lowest BCUT2D eigenvalue weighted by molar-refractivity contribution is -0.129. The normalized spacial score (nSPS) is 13.6. The summed E-state index contributed by atoms with van der Waals surface area (Å²) in [7, 11) is 3.29. The number of benzene rings is 3. The molecule has 3 aromatic carbocycles. The van der Waals surface area contributed by atoms with Crippen LogP contribution >= 0.6 is 11.6 Å². The molecule has 0 aliphatic carbocycles. The summed E-state index contributed by atoms with van der Waals surface area (Å²) in [6, 6.07) is 11.3. The number of aromatic nitrogens is 2. The summed E-state index contributed by atoms with van der Waals surface area (Å²) in [6.07, 6.45) is 0.0879. The fraction of sp³-hybridized carbons (Fsp3) is 0.286. The van der Waals surface area contributed by atoms with Gasteiger partial charge in [0.25, 0.3) is 0 Å². The first-order valence-electron chi connectivity index (χ1n) is 12.7. The number of ether oxygens (including phenoxy) is 1. The van der Waals surface area contributed by atoms with Crippen molar-refractivity contribution in [2.45, 2.75) is 6.42 Å². The molecule has 0 unspecified atom stereocenters. The van der Waals surface area contributed by atoms with Crippen molar-refractivity contribution >= 4 is 51.0 Å². The van der Waals surface area contributed by atoms with E-state index in [1.165, 1.54) is 15.9 Å². The molecule has 0 radical (unpaired) electrons. The third-order valence-electron chi connectivity index (χ3n) is 6.89. The molecule has 0 saturated carbocycles. The molecule has 12 heteroatoms. The van der Waals surface area contributed by atoms with Crippen LogP contribution in [0.3, 0.4) is 0 Å². The zero-order valence-electron chi connectivity index (χ0n) is 22.0. The first kappa shape index (κ1) is 27.2. The summed E-state index contributed by atoms with van der Waals surface area (Å²) >= 11 is 6.72. The topological polar surface area (TPSA) is 125 Å². The van der Waals surface area contributed by atoms with E-state index < -0.39 is 11.8 Å². The van der Waals surface area contributed by atoms with Crippen LogP contribution in [0.15, 0.2) is 42.5 Å². The maximum Gasteiger partial charge on any atom is 0.319 e. The Kier molecular flexibility index (Phi) is 7.49. The van der Waals surface area contributed by atoms with Gasteiger partial charge >= 0.3 is 12.0 Å². The lowest BCUT2D eigenvalue weighted by atomic mass is 9.96. The van der Waals surface area contributed by atoms with Crippen molar-refractivity contribution in [2.75, 3.05) is 51.8 Å². The first-order chi connectivity index (χ1) is 19.1. The highest BCUT2D eigenvalue weighted by atomic mass is 35.5. The number of halogens is 2. The largest absolute Gasteiger partial charge is 0.508 e. The van der Waals surface area contributed by atoms with E-state index in [1.807, 2.05) is 29.2 Å². The van der Waals surface area contributed by atoms with Crippen LogP contribution in [0.1, 0.15) is 6.42 Å². The van der Waals surface area contributed by atoms with Gasteiger partial charge in [0.2, 0.25) is 5.91 Å². The molecule has 4 aromatic rings. The minimum Gasteiger partial charge on any atom is -0.508 e. The van der Waals surface area contributed by atoms with Crippen LogP contribution in [-0.2, 0) is 4.79 Å². The zero-order valence-corrected chi connectivity index (χ0v) is 22.8. The Morgan fingerprint density at radius 3 is 2.52 bits per heavy atom. The average molecular weight is 567 g/mol. The third-order valence-corrected chi connectivity index (χ3v) is 7.19. The molecule has 0 spiro atoms. The fourth-order valence-corrected chi connectivity index (χ4v) is 5.10. The molecule has 2 heterocycles. The number of nitrogens with zero attached hydrogens (tertiary/aromatic N) is 5. The molecule has 0 atom stereocenters. The van der Waals surface area contributed by atoms with Crippen molar-refractivity contribution in [3.63, 3.8) is 0 Å². The molecule has 1 aliphatic rings. The van der Waals surface area contributed by atoms with Gasteiger partial charge in [-0.05, 0) is 34.5 Å². The quantitative estimate of drug-likeness (QED) is 0.361. The summed E-state index contributed by atoms with van der Waals surface area (Å²) in [5.74, 6) is -0.489. The number of rotatable bonds is 6. The number of anilines is 1. The van der Waals surface area contributed by atoms with Crippen LogP contribution in [0.5, 0.6) is 11.8 Å². The zero-order chi connectivity index (χ0) is 28.6. The number of phenols is 1. The van der Waals surface area contributed by atoms with Gasteiger partial charge in [0, 0.05) is 51.2 Å². The Morgan fingerprint density at radius 1 is 1.10 bits per heavy atom. The van der Waals surface area contributed by atoms with Crippen molar-refractivity contribution in [3.05, 3.63) is 53.3 Å². The number of amides is 3. The minimum atomic E-state index is -0.702. The average Bonchev–Trinajstić information content (AvgIpc) is 2.93. The molecule has 1 aromatic heterocycles. The van der Waals surface area contributed by atoms with Crippen molar-refractivity contribution in [3.8, 4) is 22.9 Å². The molecule has 3 N–H and O–H groups in total. The fourth-order valence-electron chi connectivity index (χ4n) is 4.81. The number of fused-ring (bicyclic) bond motifs is 2. The molecule has 208 valence electrons. The Bertz CT molecular complexity index is 1620. The van der Waals surface area contributed by atoms with E-state index in [0.717, 1.165) is 5.39 Å². The Hall–Kier alpha value is -4.38. The van der Waals surface area contributed by atoms with E-state index in [9.17, 15) is 14.7 Å². The summed E-state index contributed by atoms with van der Waals surface area (Å²) in [4.78, 5) is 37.4. The summed E-state index contributed by atoms with van der Waals surface area (Å²) in [5.41, 5.74) is 5.90. The number of urea groups is 1. The Morgan fingerprint density at radius 2 is 1.82 bits per heavy atom. The molecule has 0 bridgehead atoms. The first-order valence-corrected chi connectivity index (χ1v) is 13.1. The summed E-state index contributed by atoms with van der Waals surface area (Å²) in [6.45, 7) is 1.50. The second-order valence-corrected chi connectivity index (χ2v) is 10.1. The van der Waals surface area contributed by atoms with E-state index in [0.29, 0.717) is 48.3 Å². The highest BCUT2D eigenvalue weighted by Crippen LogP contribution is 2.42. The van der Waals surface area contributed by atoms with Gasteiger partial charge in [-0.1, -0.05) is 35.9 Å². The Balaban J connectivity index is 1.64. The predicted octanol–water partition coefficient (Wildman–Crippen LogP) is 4.01. The number of nitrogens with two attached hydrogens (primary N) is 1. The molecule has 10 nitrogen and oxygen atoms in total. The molecule has 40 heavy (non-hydrogen) atoms. The standard InChI is InChI=1S/C28H28ClFN6O4/c1-34(2)22(38)7-12-40-28-32-25-20(26(33-28)35-8-10-36(11-9-35)27(31)39)15-21(29)23(24(25)30)19-14-17(37)13-16-5-3-4-6-18(16)19/h3-6,13-15,37H,7-12H2,1-2H3,(H2,31,39). The van der Waals surface area contributed by atoms with Crippen molar-refractivity contribution in [1.29, 1.82) is 0 Å². The van der Waals surface area contributed by atoms with Gasteiger partial charge < -0.3 is 30.3 Å². The van der Waals surface area contributed by atoms with Crippen LogP contribution in [0.4, 0.5) is 15.0 Å². The number of hydrogen-bond donors (Lipinski definition) is 2. The number of piperazine rings is 1. The molecule has 1 fully saturated rings. The lowest BCUT2D eigenvalue weighted by Crippen LogP contribution is -2.50. The minimum absolute atomic E-state index is 0.00330. The summed E-state index contributed by atoms with van der Waals surface area (Å²) in [5, 5.41) is 12.3. The molecular weight excluding hydrogens is 539 g/mol. The van der Waals surface area contributed by atoms with E-state index in [4.69, 9.17) is 22.1 Å². The van der Waals surface area contributed by atoms with Crippen LogP contribution in [0.2, 0.25) is 5.02 Å². The van der Waals surface area contributed by atoms with Gasteiger partial charge in [0.05, 0.1) is 11.4 Å². The molecule has 1 aliphatic heterocycles. The molecular formula is C28H28ClFN6O4. The Labute approximate surface area is 234 Å². The van der Waals surface area contributed by atoms with Crippen molar-refractivity contribution in [2.24, 2.45) is 5.73 Å². The molecule has 1 saturated heterocycles. The lowest BCUT2D eigenvalue weighted by Gasteiger charge is -2.35. The third kappa shape index (κ3) is 5.24. The van der Waals surface area contributed by atoms with Crippen LogP contribution < -0.4 is 15.4 Å². The van der Waals surface area contributed by atoms with Gasteiger partial charge in [0.1, 0.15) is 23.7 Å². The second kappa shape index (κ2) is 11.0. The number of hydrogen-bond acceptors (Lipinski definition) is 7. The predicted molar refractivity (Wildman–Crippen MR) is 151 cm³/mol. The highest BCUT2D eigenvalue weighted by Gasteiger charge is 2.26. The number of carbonyl (C=O) groups is 2. The van der Waals surface area contributed by atoms with Gasteiger partial charge in [-0.3, -0.25) is 4.79 Å². The number of primary amides is 1. The van der Waals surface area contributed by atoms with E-state index >= 15 is 4.39 Å². The van der Waals surface area contributed by atoms with Gasteiger partial charge in [-0.15, -0.1) is 0 Å². The van der Waals surface area contributed by atoms with Crippen molar-refractivity contribution < 1.29 is 23.8 Å². The number of phenolic OH excluding ortho intramolecular Hbond substituents is 1. The molecule has 3 amide bonds. The van der Waals surface area contributed by atoms with Crippen molar-refractivity contribution in [1.82, 2.24) is 19.8 Å². The van der Waals surface area contributed by atoms with Gasteiger partial charge in [-0.2, -0.15) is 9.97 Å². The van der Waals surface area contributed by atoms with Crippen LogP contribution in [0, 0.1) is 5.82 Å². The maximum atomic E-state index is 16.5.